The van der Waals surface area contributed by atoms with Crippen molar-refractivity contribution in [2.24, 2.45) is 0 Å². The zero-order chi connectivity index (χ0) is 25.9. The van der Waals surface area contributed by atoms with Crippen LogP contribution in [0.4, 0.5) is 10.1 Å². The third-order valence-corrected chi connectivity index (χ3v) is 6.31. The second kappa shape index (κ2) is 10.4. The number of ketones is 1. The van der Waals surface area contributed by atoms with Crippen LogP contribution in [0, 0.1) is 5.82 Å². The van der Waals surface area contributed by atoms with Gasteiger partial charge in [0.05, 0.1) is 27.4 Å². The number of aromatic amines is 1. The molecule has 37 heavy (non-hydrogen) atoms. The van der Waals surface area contributed by atoms with Gasteiger partial charge in [0, 0.05) is 70.7 Å². The van der Waals surface area contributed by atoms with Crippen molar-refractivity contribution in [1.82, 2.24) is 4.98 Å². The zero-order valence-electron chi connectivity index (χ0n) is 20.5. The molecule has 1 aliphatic heterocycles. The summed E-state index contributed by atoms with van der Waals surface area (Å²) >= 11 is 0. The number of carbonyl (C=O) groups excluding carboxylic acids is 1. The molecule has 5 rings (SSSR count). The Morgan fingerprint density at radius 1 is 1.14 bits per heavy atom. The molecule has 3 N–H and O–H groups in total. The number of methoxy groups -OCH3 is 2. The molecule has 1 aromatic heterocycles. The molecule has 0 radical (unpaired) electrons. The molecule has 0 amide bonds. The molecule has 9 heteroatoms. The third-order valence-electron chi connectivity index (χ3n) is 6.31. The van der Waals surface area contributed by atoms with Gasteiger partial charge in [-0.15, -0.1) is 0 Å². The lowest BCUT2D eigenvalue weighted by Gasteiger charge is -2.22. The second-order valence-corrected chi connectivity index (χ2v) is 8.60. The first kappa shape index (κ1) is 24.5. The van der Waals surface area contributed by atoms with Crippen LogP contribution in [0.15, 0.2) is 54.7 Å². The number of Topliss-reactive ketones (excluding diaryl/α,β-unsaturated/α-hetero) is 1. The predicted molar refractivity (Wildman–Crippen MR) is 137 cm³/mol. The molecule has 0 spiro atoms. The van der Waals surface area contributed by atoms with Crippen LogP contribution in [0.1, 0.15) is 27.5 Å². The number of aliphatic hydroxyl groups is 1. The van der Waals surface area contributed by atoms with E-state index in [2.05, 4.69) is 10.3 Å². The number of rotatable bonds is 10. The van der Waals surface area contributed by atoms with Crippen LogP contribution in [0.3, 0.4) is 0 Å². The normalized spacial score (nSPS) is 13.1. The fraction of sp³-hybridized carbons (Fsp3) is 0.250. The number of carbonyl (C=O) groups is 1. The van der Waals surface area contributed by atoms with Crippen molar-refractivity contribution < 1.29 is 33.2 Å². The Balaban J connectivity index is 1.59. The minimum atomic E-state index is -0.933. The third kappa shape index (κ3) is 4.90. The summed E-state index contributed by atoms with van der Waals surface area (Å²) in [4.78, 5) is 17.3. The van der Waals surface area contributed by atoms with E-state index in [1.54, 1.807) is 24.4 Å². The fourth-order valence-electron chi connectivity index (χ4n) is 4.55. The maximum atomic E-state index is 14.1. The van der Waals surface area contributed by atoms with Crippen molar-refractivity contribution >= 4 is 22.4 Å². The standard InChI is InChI=1S/C28H27FN2O6/c1-34-19-11-18(12-20(13-19)36-8-6-32)31-27(21-4-3-17(29)10-26(21)35-2)28(33)23-15-30-24-14-25-16(5-7-37-25)9-22(23)24/h3-4,9-15,27,30-32H,5-8H2,1-2H3. The quantitative estimate of drug-likeness (QED) is 0.269. The minimum absolute atomic E-state index is 0.101. The largest absolute Gasteiger partial charge is 0.497 e. The highest BCUT2D eigenvalue weighted by atomic mass is 19.1. The van der Waals surface area contributed by atoms with Crippen LogP contribution >= 0.6 is 0 Å². The van der Waals surface area contributed by atoms with Crippen molar-refractivity contribution in [2.75, 3.05) is 39.4 Å². The molecule has 8 nitrogen and oxygen atoms in total. The first-order valence-electron chi connectivity index (χ1n) is 11.8. The van der Waals surface area contributed by atoms with Gasteiger partial charge in [-0.1, -0.05) is 0 Å². The van der Waals surface area contributed by atoms with Gasteiger partial charge in [0.25, 0.3) is 0 Å². The Bertz CT molecular complexity index is 1450. The van der Waals surface area contributed by atoms with Crippen molar-refractivity contribution in [2.45, 2.75) is 12.5 Å². The topological polar surface area (TPSA) is 102 Å². The van der Waals surface area contributed by atoms with Gasteiger partial charge < -0.3 is 34.4 Å². The fourth-order valence-corrected chi connectivity index (χ4v) is 4.55. The van der Waals surface area contributed by atoms with Gasteiger partial charge in [-0.05, 0) is 23.8 Å². The number of hydrogen-bond acceptors (Lipinski definition) is 7. The molecule has 4 aromatic rings. The smallest absolute Gasteiger partial charge is 0.191 e. The van der Waals surface area contributed by atoms with E-state index in [4.69, 9.17) is 24.1 Å². The minimum Gasteiger partial charge on any atom is -0.497 e. The Morgan fingerprint density at radius 3 is 2.76 bits per heavy atom. The molecule has 2 heterocycles. The SMILES string of the molecule is COc1cc(NC(C(=O)c2c[nH]c3cc4c(cc23)CCO4)c2ccc(F)cc2OC)cc(OCCO)c1. The average molecular weight is 507 g/mol. The van der Waals surface area contributed by atoms with Crippen LogP contribution in [-0.2, 0) is 6.42 Å². The van der Waals surface area contributed by atoms with Gasteiger partial charge in [0.1, 0.15) is 41.5 Å². The molecule has 0 saturated carbocycles. The summed E-state index contributed by atoms with van der Waals surface area (Å²) in [6.07, 6.45) is 2.45. The number of fused-ring (bicyclic) bond motifs is 2. The van der Waals surface area contributed by atoms with Crippen LogP contribution in [-0.4, -0.2) is 49.9 Å². The van der Waals surface area contributed by atoms with E-state index in [9.17, 15) is 9.18 Å². The highest BCUT2D eigenvalue weighted by molar-refractivity contribution is 6.12. The summed E-state index contributed by atoms with van der Waals surface area (Å²) in [5.74, 6) is 1.29. The van der Waals surface area contributed by atoms with Crippen LogP contribution in [0.2, 0.25) is 0 Å². The van der Waals surface area contributed by atoms with Gasteiger partial charge in [-0.3, -0.25) is 4.79 Å². The Kier molecular flexibility index (Phi) is 6.87. The molecule has 1 unspecified atom stereocenters. The van der Waals surface area contributed by atoms with E-state index in [1.807, 2.05) is 12.1 Å². The highest BCUT2D eigenvalue weighted by Crippen LogP contribution is 2.37. The molecule has 0 bridgehead atoms. The number of nitrogens with one attached hydrogen (secondary N) is 2. The number of aliphatic hydroxyl groups excluding tert-OH is 1. The number of aromatic nitrogens is 1. The second-order valence-electron chi connectivity index (χ2n) is 8.60. The predicted octanol–water partition coefficient (Wildman–Crippen LogP) is 4.67. The summed E-state index contributed by atoms with van der Waals surface area (Å²) in [7, 11) is 2.95. The molecule has 3 aromatic carbocycles. The zero-order valence-corrected chi connectivity index (χ0v) is 20.5. The number of ether oxygens (including phenoxy) is 4. The maximum Gasteiger partial charge on any atom is 0.191 e. The Morgan fingerprint density at radius 2 is 1.97 bits per heavy atom. The average Bonchev–Trinajstić information content (AvgIpc) is 3.55. The number of benzene rings is 3. The van der Waals surface area contributed by atoms with Crippen LogP contribution in [0.5, 0.6) is 23.0 Å². The van der Waals surface area contributed by atoms with Crippen molar-refractivity contribution in [3.63, 3.8) is 0 Å². The molecule has 1 atom stereocenters. The van der Waals surface area contributed by atoms with Gasteiger partial charge in [-0.2, -0.15) is 0 Å². The first-order chi connectivity index (χ1) is 18.0. The lowest BCUT2D eigenvalue weighted by Crippen LogP contribution is -2.22. The molecule has 0 saturated heterocycles. The Hall–Kier alpha value is -4.24. The summed E-state index contributed by atoms with van der Waals surface area (Å²) < 4.78 is 36.1. The lowest BCUT2D eigenvalue weighted by atomic mass is 9.95. The molecular formula is C28H27FN2O6. The van der Waals surface area contributed by atoms with Crippen molar-refractivity contribution in [3.05, 3.63) is 77.2 Å². The maximum absolute atomic E-state index is 14.1. The molecule has 1 aliphatic rings. The molecular weight excluding hydrogens is 479 g/mol. The molecule has 0 aliphatic carbocycles. The Labute approximate surface area is 212 Å². The van der Waals surface area contributed by atoms with E-state index in [0.717, 1.165) is 28.6 Å². The van der Waals surface area contributed by atoms with E-state index in [0.29, 0.717) is 34.9 Å². The van der Waals surface area contributed by atoms with E-state index in [-0.39, 0.29) is 24.7 Å². The van der Waals surface area contributed by atoms with Crippen molar-refractivity contribution in [3.8, 4) is 23.0 Å². The number of anilines is 1. The van der Waals surface area contributed by atoms with Crippen LogP contribution in [0.25, 0.3) is 10.9 Å². The number of H-pyrrole nitrogens is 1. The summed E-state index contributed by atoms with van der Waals surface area (Å²) in [5.41, 5.74) is 3.31. The van der Waals surface area contributed by atoms with E-state index in [1.165, 1.54) is 32.4 Å². The first-order valence-corrected chi connectivity index (χ1v) is 11.8. The number of halogens is 1. The molecule has 192 valence electrons. The van der Waals surface area contributed by atoms with E-state index < -0.39 is 11.9 Å². The highest BCUT2D eigenvalue weighted by Gasteiger charge is 2.29. The monoisotopic (exact) mass is 506 g/mol. The van der Waals surface area contributed by atoms with E-state index >= 15 is 0 Å². The van der Waals surface area contributed by atoms with Gasteiger partial charge in [-0.25, -0.2) is 4.39 Å². The summed E-state index contributed by atoms with van der Waals surface area (Å²) in [6, 6.07) is 12.1. The number of hydrogen-bond donors (Lipinski definition) is 3. The van der Waals surface area contributed by atoms with Gasteiger partial charge in [0.2, 0.25) is 0 Å². The lowest BCUT2D eigenvalue weighted by molar-refractivity contribution is 0.0970. The van der Waals surface area contributed by atoms with Crippen molar-refractivity contribution in [1.29, 1.82) is 0 Å². The summed E-state index contributed by atoms with van der Waals surface area (Å²) in [5, 5.41) is 13.2. The molecule has 0 fully saturated rings. The van der Waals surface area contributed by atoms with Gasteiger partial charge in [0.15, 0.2) is 5.78 Å². The van der Waals surface area contributed by atoms with Gasteiger partial charge >= 0.3 is 0 Å². The summed E-state index contributed by atoms with van der Waals surface area (Å²) in [6.45, 7) is 0.562. The van der Waals surface area contributed by atoms with Crippen LogP contribution < -0.4 is 24.3 Å².